The van der Waals surface area contributed by atoms with Gasteiger partial charge in [-0.3, -0.25) is 0 Å². The molecule has 0 saturated carbocycles. The summed E-state index contributed by atoms with van der Waals surface area (Å²) in [4.78, 5) is 6.88. The maximum absolute atomic E-state index is 13.2. The van der Waals surface area contributed by atoms with E-state index in [0.717, 1.165) is 10.9 Å². The van der Waals surface area contributed by atoms with E-state index in [1.54, 1.807) is 0 Å². The molecule has 2 aromatic heterocycles. The van der Waals surface area contributed by atoms with Crippen molar-refractivity contribution in [2.45, 2.75) is 9.92 Å². The van der Waals surface area contributed by atoms with E-state index in [1.165, 1.54) is 28.8 Å². The number of fused-ring (bicyclic) bond motifs is 3. The molecule has 0 amide bonds. The lowest BCUT2D eigenvalue weighted by Gasteiger charge is -2.28. The second-order valence-electron chi connectivity index (χ2n) is 6.64. The van der Waals surface area contributed by atoms with Gasteiger partial charge in [0.1, 0.15) is 5.82 Å². The summed E-state index contributed by atoms with van der Waals surface area (Å²) < 4.78 is 33.3. The Morgan fingerprint density at radius 3 is 2.48 bits per heavy atom. The first-order valence-corrected chi connectivity index (χ1v) is 10.9. The molecule has 1 aliphatic heterocycles. The molecule has 3 heterocycles. The Bertz CT molecular complexity index is 1320. The fourth-order valence-electron chi connectivity index (χ4n) is 3.44. The third-order valence-electron chi connectivity index (χ3n) is 4.89. The van der Waals surface area contributed by atoms with Crippen LogP contribution in [0.25, 0.3) is 16.6 Å². The van der Waals surface area contributed by atoms with Crippen molar-refractivity contribution in [3.8, 4) is 0 Å². The molecule has 0 atom stereocenters. The number of nitrogens with zero attached hydrogens (tertiary/aromatic N) is 5. The molecule has 0 aliphatic carbocycles. The Morgan fingerprint density at radius 1 is 1.00 bits per heavy atom. The molecule has 0 N–H and O–H groups in total. The molecule has 4 aromatic rings. The average molecular weight is 430 g/mol. The zero-order valence-electron chi connectivity index (χ0n) is 15.2. The van der Waals surface area contributed by atoms with Gasteiger partial charge >= 0.3 is 0 Å². The van der Waals surface area contributed by atoms with Crippen molar-refractivity contribution in [1.82, 2.24) is 19.8 Å². The van der Waals surface area contributed by atoms with Crippen LogP contribution < -0.4 is 4.90 Å². The minimum atomic E-state index is -3.91. The van der Waals surface area contributed by atoms with Gasteiger partial charge in [0.25, 0.3) is 0 Å². The summed E-state index contributed by atoms with van der Waals surface area (Å²) in [6.45, 7) is 2.53. The van der Waals surface area contributed by atoms with E-state index in [9.17, 15) is 8.42 Å². The number of benzene rings is 2. The lowest BCUT2D eigenvalue weighted by Crippen LogP contribution is -2.37. The van der Waals surface area contributed by atoms with E-state index >= 15 is 0 Å². The van der Waals surface area contributed by atoms with Crippen LogP contribution in [0, 0.1) is 0 Å². The van der Waals surface area contributed by atoms with Crippen molar-refractivity contribution in [3.63, 3.8) is 0 Å². The lowest BCUT2D eigenvalue weighted by atomic mass is 10.2. The first-order chi connectivity index (χ1) is 14.1. The highest BCUT2D eigenvalue weighted by atomic mass is 35.5. The molecule has 1 fully saturated rings. The maximum Gasteiger partial charge on any atom is 0.229 e. The van der Waals surface area contributed by atoms with E-state index in [-0.39, 0.29) is 15.6 Å². The molecule has 29 heavy (non-hydrogen) atoms. The van der Waals surface area contributed by atoms with Crippen LogP contribution >= 0.6 is 11.6 Å². The molecular formula is C19H16ClN5O3S. The van der Waals surface area contributed by atoms with Crippen LogP contribution in [0.5, 0.6) is 0 Å². The van der Waals surface area contributed by atoms with E-state index in [0.29, 0.717) is 37.1 Å². The van der Waals surface area contributed by atoms with Crippen LogP contribution in [-0.4, -0.2) is 54.5 Å². The van der Waals surface area contributed by atoms with Crippen molar-refractivity contribution >= 4 is 43.8 Å². The number of para-hydroxylation sites is 1. The number of halogens is 1. The summed E-state index contributed by atoms with van der Waals surface area (Å²) in [6, 6.07) is 13.6. The summed E-state index contributed by atoms with van der Waals surface area (Å²) in [7, 11) is -3.91. The van der Waals surface area contributed by atoms with E-state index in [2.05, 4.69) is 15.2 Å². The quantitative estimate of drug-likeness (QED) is 0.494. The average Bonchev–Trinajstić information content (AvgIpc) is 3.19. The van der Waals surface area contributed by atoms with Crippen LogP contribution in [0.15, 0.2) is 58.5 Å². The monoisotopic (exact) mass is 429 g/mol. The van der Waals surface area contributed by atoms with Gasteiger partial charge in [-0.25, -0.2) is 13.4 Å². The van der Waals surface area contributed by atoms with Gasteiger partial charge in [-0.2, -0.15) is 4.52 Å². The Kier molecular flexibility index (Phi) is 4.38. The number of sulfone groups is 1. The predicted octanol–water partition coefficient (Wildman–Crippen LogP) is 2.60. The fraction of sp³-hybridized carbons (Fsp3) is 0.211. The van der Waals surface area contributed by atoms with Crippen LogP contribution in [0.2, 0.25) is 5.02 Å². The summed E-state index contributed by atoms with van der Waals surface area (Å²) in [5.41, 5.74) is 0.934. The molecule has 8 nitrogen and oxygen atoms in total. The predicted molar refractivity (Wildman–Crippen MR) is 108 cm³/mol. The van der Waals surface area contributed by atoms with Crippen LogP contribution in [0.1, 0.15) is 0 Å². The Balaban J connectivity index is 1.76. The topological polar surface area (TPSA) is 89.7 Å². The molecule has 1 saturated heterocycles. The minimum absolute atomic E-state index is 0.0900. The number of hydrogen-bond donors (Lipinski definition) is 0. The highest BCUT2D eigenvalue weighted by molar-refractivity contribution is 7.91. The second-order valence-corrected chi connectivity index (χ2v) is 8.94. The minimum Gasteiger partial charge on any atom is -0.378 e. The zero-order chi connectivity index (χ0) is 20.0. The van der Waals surface area contributed by atoms with Gasteiger partial charge < -0.3 is 9.64 Å². The Morgan fingerprint density at radius 2 is 1.72 bits per heavy atom. The van der Waals surface area contributed by atoms with E-state index in [4.69, 9.17) is 21.3 Å². The molecule has 10 heteroatoms. The first-order valence-electron chi connectivity index (χ1n) is 9.03. The van der Waals surface area contributed by atoms with Crippen LogP contribution in [0.4, 0.5) is 5.82 Å². The van der Waals surface area contributed by atoms with Crippen molar-refractivity contribution in [2.75, 3.05) is 31.2 Å². The van der Waals surface area contributed by atoms with Gasteiger partial charge in [0.15, 0.2) is 5.65 Å². The van der Waals surface area contributed by atoms with E-state index in [1.807, 2.05) is 24.3 Å². The number of morpholine rings is 1. The van der Waals surface area contributed by atoms with Crippen molar-refractivity contribution in [2.24, 2.45) is 0 Å². The summed E-state index contributed by atoms with van der Waals surface area (Å²) in [5, 5.41) is 9.24. The van der Waals surface area contributed by atoms with Crippen molar-refractivity contribution < 1.29 is 13.2 Å². The number of aromatic nitrogens is 4. The largest absolute Gasteiger partial charge is 0.378 e. The van der Waals surface area contributed by atoms with Gasteiger partial charge in [-0.15, -0.1) is 5.10 Å². The molecule has 0 spiro atoms. The molecule has 5 rings (SSSR count). The smallest absolute Gasteiger partial charge is 0.229 e. The van der Waals surface area contributed by atoms with Gasteiger partial charge in [0, 0.05) is 23.5 Å². The molecule has 0 unspecified atom stereocenters. The van der Waals surface area contributed by atoms with Gasteiger partial charge in [-0.05, 0) is 36.4 Å². The van der Waals surface area contributed by atoms with Crippen LogP contribution in [0.3, 0.4) is 0 Å². The van der Waals surface area contributed by atoms with Gasteiger partial charge in [-0.1, -0.05) is 28.9 Å². The van der Waals surface area contributed by atoms with E-state index < -0.39 is 9.84 Å². The third kappa shape index (κ3) is 3.02. The number of hydrogen-bond acceptors (Lipinski definition) is 7. The fourth-order valence-corrected chi connectivity index (χ4v) is 4.80. The molecular weight excluding hydrogens is 414 g/mol. The van der Waals surface area contributed by atoms with Gasteiger partial charge in [0.2, 0.25) is 14.9 Å². The Hall–Kier alpha value is -2.75. The number of ether oxygens (including phenoxy) is 1. The SMILES string of the molecule is O=S(=O)(c1ccc(Cl)cc1)c1nnn2c1nc(N1CCOCC1)c1ccccc12. The molecule has 148 valence electrons. The molecule has 0 bridgehead atoms. The number of rotatable bonds is 3. The first kappa shape index (κ1) is 18.3. The maximum atomic E-state index is 13.2. The van der Waals surface area contributed by atoms with Crippen molar-refractivity contribution in [3.05, 3.63) is 53.6 Å². The highest BCUT2D eigenvalue weighted by Gasteiger charge is 2.28. The van der Waals surface area contributed by atoms with Gasteiger partial charge in [0.05, 0.1) is 23.6 Å². The molecule has 2 aromatic carbocycles. The standard InChI is InChI=1S/C19H16ClN5O3S/c20-13-5-7-14(8-6-13)29(26,27)19-18-21-17(24-9-11-28-12-10-24)15-3-1-2-4-16(15)25(18)23-22-19/h1-8H,9-12H2. The molecule has 0 radical (unpaired) electrons. The summed E-state index contributed by atoms with van der Waals surface area (Å²) in [6.07, 6.45) is 0. The molecule has 1 aliphatic rings. The van der Waals surface area contributed by atoms with Crippen LogP contribution in [-0.2, 0) is 14.6 Å². The lowest BCUT2D eigenvalue weighted by molar-refractivity contribution is 0.122. The normalized spacial score (nSPS) is 15.3. The number of anilines is 1. The van der Waals surface area contributed by atoms with Crippen molar-refractivity contribution in [1.29, 1.82) is 0 Å². The summed E-state index contributed by atoms with van der Waals surface area (Å²) >= 11 is 5.90. The Labute approximate surface area is 171 Å². The summed E-state index contributed by atoms with van der Waals surface area (Å²) in [5.74, 6) is 0.700. The third-order valence-corrected chi connectivity index (χ3v) is 6.81. The second kappa shape index (κ2) is 6.94. The highest BCUT2D eigenvalue weighted by Crippen LogP contribution is 2.30. The zero-order valence-corrected chi connectivity index (χ0v) is 16.8.